The molecule has 7 nitrogen and oxygen atoms in total. The number of hydroxylamine groups is 2. The normalized spacial score (nSPS) is 25.7. The third kappa shape index (κ3) is 7.45. The standard InChI is InChI=1S/C37H41NO6/c1-39-37-22-23-44-38(24-29-14-6-2-7-15-29)36(37)35(42-27-32-20-12-5-13-21-32)34(41-26-31-18-10-4-11-19-31)33(28-43-37)40-25-30-16-8-3-9-17-30/h2-21,33-36H,22-28H2,1H3/t33-,34-,35-,36-,37-/m1/s1. The van der Waals surface area contributed by atoms with Crippen molar-refractivity contribution in [1.29, 1.82) is 0 Å². The summed E-state index contributed by atoms with van der Waals surface area (Å²) in [5, 5.41) is 1.97. The van der Waals surface area contributed by atoms with Crippen LogP contribution in [0.25, 0.3) is 0 Å². The minimum absolute atomic E-state index is 0.279. The number of rotatable bonds is 12. The molecule has 0 aliphatic carbocycles. The molecule has 4 aromatic carbocycles. The highest BCUT2D eigenvalue weighted by atomic mass is 16.7. The molecule has 44 heavy (non-hydrogen) atoms. The molecule has 5 atom stereocenters. The zero-order valence-corrected chi connectivity index (χ0v) is 25.2. The van der Waals surface area contributed by atoms with E-state index in [-0.39, 0.29) is 6.61 Å². The van der Waals surface area contributed by atoms with Crippen LogP contribution < -0.4 is 0 Å². The molecule has 230 valence electrons. The maximum Gasteiger partial charge on any atom is 0.190 e. The van der Waals surface area contributed by atoms with Crippen molar-refractivity contribution in [3.63, 3.8) is 0 Å². The van der Waals surface area contributed by atoms with Crippen LogP contribution in [0.15, 0.2) is 121 Å². The number of benzene rings is 4. The van der Waals surface area contributed by atoms with E-state index < -0.39 is 30.1 Å². The SMILES string of the molecule is CO[C@@]12CCON(Cc3ccccc3)[C@@H]1[C@H](OCc1ccccc1)[C@H](OCc1ccccc1)[C@H](OCc1ccccc1)CO2. The Morgan fingerprint density at radius 2 is 1.11 bits per heavy atom. The van der Waals surface area contributed by atoms with Gasteiger partial charge in [0.2, 0.25) is 0 Å². The second-order valence-electron chi connectivity index (χ2n) is 11.3. The molecule has 2 fully saturated rings. The first kappa shape index (κ1) is 30.6. The van der Waals surface area contributed by atoms with Crippen LogP contribution in [0.3, 0.4) is 0 Å². The van der Waals surface area contributed by atoms with Gasteiger partial charge in [0.05, 0.1) is 33.0 Å². The lowest BCUT2D eigenvalue weighted by Crippen LogP contribution is -2.65. The van der Waals surface area contributed by atoms with E-state index in [4.69, 9.17) is 28.5 Å². The molecule has 2 aliphatic heterocycles. The van der Waals surface area contributed by atoms with Gasteiger partial charge in [0, 0.05) is 20.1 Å². The largest absolute Gasteiger partial charge is 0.369 e. The highest BCUT2D eigenvalue weighted by molar-refractivity contribution is 5.17. The number of nitrogens with zero attached hydrogens (tertiary/aromatic N) is 1. The van der Waals surface area contributed by atoms with Gasteiger partial charge in [0.25, 0.3) is 0 Å². The molecular formula is C37H41NO6. The van der Waals surface area contributed by atoms with Crippen LogP contribution in [0.2, 0.25) is 0 Å². The summed E-state index contributed by atoms with van der Waals surface area (Å²) in [6.07, 6.45) is -0.909. The van der Waals surface area contributed by atoms with E-state index in [1.807, 2.05) is 77.9 Å². The summed E-state index contributed by atoms with van der Waals surface area (Å²) in [6.45, 7) is 2.47. The van der Waals surface area contributed by atoms with E-state index >= 15 is 0 Å². The zero-order chi connectivity index (χ0) is 30.0. The van der Waals surface area contributed by atoms with Crippen LogP contribution >= 0.6 is 0 Å². The first-order chi connectivity index (χ1) is 21.7. The molecule has 2 heterocycles. The fourth-order valence-electron chi connectivity index (χ4n) is 6.06. The van der Waals surface area contributed by atoms with E-state index in [2.05, 4.69) is 48.5 Å². The number of fused-ring (bicyclic) bond motifs is 1. The van der Waals surface area contributed by atoms with Gasteiger partial charge in [-0.1, -0.05) is 121 Å². The highest BCUT2D eigenvalue weighted by Gasteiger charge is 2.58. The molecule has 7 heteroatoms. The van der Waals surface area contributed by atoms with Gasteiger partial charge in [-0.2, -0.15) is 5.06 Å². The summed E-state index contributed by atoms with van der Waals surface area (Å²) in [5.74, 6) is -0.992. The molecule has 0 spiro atoms. The van der Waals surface area contributed by atoms with E-state index in [9.17, 15) is 0 Å². The lowest BCUT2D eigenvalue weighted by atomic mass is 9.91. The summed E-state index contributed by atoms with van der Waals surface area (Å²) in [5.41, 5.74) is 4.33. The van der Waals surface area contributed by atoms with Gasteiger partial charge >= 0.3 is 0 Å². The molecule has 2 saturated heterocycles. The lowest BCUT2D eigenvalue weighted by molar-refractivity contribution is -0.366. The number of ether oxygens (including phenoxy) is 5. The first-order valence-corrected chi connectivity index (χ1v) is 15.3. The summed E-state index contributed by atoms with van der Waals surface area (Å²) < 4.78 is 33.4. The van der Waals surface area contributed by atoms with E-state index in [0.717, 1.165) is 22.3 Å². The topological polar surface area (TPSA) is 58.6 Å². The molecule has 0 N–H and O–H groups in total. The van der Waals surface area contributed by atoms with E-state index in [1.165, 1.54) is 0 Å². The van der Waals surface area contributed by atoms with Crippen LogP contribution in [0.5, 0.6) is 0 Å². The lowest BCUT2D eigenvalue weighted by Gasteiger charge is -2.49. The fourth-order valence-corrected chi connectivity index (χ4v) is 6.06. The molecule has 0 bridgehead atoms. The third-order valence-electron chi connectivity index (χ3n) is 8.37. The van der Waals surface area contributed by atoms with Crippen LogP contribution in [-0.4, -0.2) is 55.5 Å². The number of hydrogen-bond acceptors (Lipinski definition) is 7. The van der Waals surface area contributed by atoms with Crippen LogP contribution in [0, 0.1) is 0 Å². The molecular weight excluding hydrogens is 554 g/mol. The van der Waals surface area contributed by atoms with Crippen molar-refractivity contribution < 1.29 is 28.5 Å². The van der Waals surface area contributed by atoms with Crippen molar-refractivity contribution >= 4 is 0 Å². The summed E-state index contributed by atoms with van der Waals surface area (Å²) in [4.78, 5) is 6.39. The van der Waals surface area contributed by atoms with Crippen molar-refractivity contribution in [2.45, 2.75) is 62.9 Å². The summed E-state index contributed by atoms with van der Waals surface area (Å²) in [7, 11) is 1.71. The maximum absolute atomic E-state index is 6.91. The van der Waals surface area contributed by atoms with Gasteiger partial charge in [-0.3, -0.25) is 4.84 Å². The quantitative estimate of drug-likeness (QED) is 0.190. The second kappa shape index (κ2) is 15.1. The predicted molar refractivity (Wildman–Crippen MR) is 167 cm³/mol. The Balaban J connectivity index is 1.37. The molecule has 2 aliphatic rings. The van der Waals surface area contributed by atoms with Gasteiger partial charge in [0.15, 0.2) is 5.79 Å². The van der Waals surface area contributed by atoms with Crippen molar-refractivity contribution in [1.82, 2.24) is 5.06 Å². The van der Waals surface area contributed by atoms with Crippen LogP contribution in [0.4, 0.5) is 0 Å². The average molecular weight is 596 g/mol. The van der Waals surface area contributed by atoms with Gasteiger partial charge in [-0.25, -0.2) is 0 Å². The molecule has 0 saturated carbocycles. The summed E-state index contributed by atoms with van der Waals surface area (Å²) >= 11 is 0. The molecule has 0 unspecified atom stereocenters. The Kier molecular flexibility index (Phi) is 10.5. The van der Waals surface area contributed by atoms with Crippen molar-refractivity contribution in [3.05, 3.63) is 144 Å². The third-order valence-corrected chi connectivity index (χ3v) is 8.37. The zero-order valence-electron chi connectivity index (χ0n) is 25.2. The van der Waals surface area contributed by atoms with Crippen LogP contribution in [0.1, 0.15) is 28.7 Å². The van der Waals surface area contributed by atoms with Crippen molar-refractivity contribution in [3.8, 4) is 0 Å². The second-order valence-corrected chi connectivity index (χ2v) is 11.3. The monoisotopic (exact) mass is 595 g/mol. The van der Waals surface area contributed by atoms with Crippen molar-refractivity contribution in [2.24, 2.45) is 0 Å². The Morgan fingerprint density at radius 1 is 0.636 bits per heavy atom. The number of methoxy groups -OCH3 is 1. The first-order valence-electron chi connectivity index (χ1n) is 15.3. The number of hydrogen-bond donors (Lipinski definition) is 0. The van der Waals surface area contributed by atoms with E-state index in [1.54, 1.807) is 7.11 Å². The average Bonchev–Trinajstić information content (AvgIpc) is 3.22. The fraction of sp³-hybridized carbons (Fsp3) is 0.351. The Morgan fingerprint density at radius 3 is 1.64 bits per heavy atom. The predicted octanol–water partition coefficient (Wildman–Crippen LogP) is 6.32. The van der Waals surface area contributed by atoms with Gasteiger partial charge < -0.3 is 23.7 Å². The van der Waals surface area contributed by atoms with E-state index in [0.29, 0.717) is 39.4 Å². The Labute approximate surface area is 260 Å². The maximum atomic E-state index is 6.91. The minimum Gasteiger partial charge on any atom is -0.369 e. The highest BCUT2D eigenvalue weighted by Crippen LogP contribution is 2.40. The van der Waals surface area contributed by atoms with Crippen molar-refractivity contribution in [2.75, 3.05) is 20.3 Å². The molecule has 0 aromatic heterocycles. The molecule has 0 radical (unpaired) electrons. The molecule has 0 amide bonds. The van der Waals surface area contributed by atoms with Crippen LogP contribution in [-0.2, 0) is 54.9 Å². The molecule has 4 aromatic rings. The Bertz CT molecular complexity index is 1390. The smallest absolute Gasteiger partial charge is 0.190 e. The molecule has 6 rings (SSSR count). The Hall–Kier alpha value is -3.40. The van der Waals surface area contributed by atoms with Gasteiger partial charge in [-0.05, 0) is 22.3 Å². The van der Waals surface area contributed by atoms with Gasteiger partial charge in [0.1, 0.15) is 24.4 Å². The minimum atomic E-state index is -0.992. The van der Waals surface area contributed by atoms with Gasteiger partial charge in [-0.15, -0.1) is 0 Å². The summed E-state index contributed by atoms with van der Waals surface area (Å²) in [6, 6.07) is 40.4.